The van der Waals surface area contributed by atoms with E-state index in [1.165, 1.54) is 57.8 Å². The first-order valence-corrected chi connectivity index (χ1v) is 15.9. The molecule has 0 radical (unpaired) electrons. The molecule has 204 valence electrons. The van der Waals surface area contributed by atoms with Crippen LogP contribution in [0.3, 0.4) is 0 Å². The summed E-state index contributed by atoms with van der Waals surface area (Å²) in [5.74, 6) is 12.5. The molecule has 0 aromatic heterocycles. The third-order valence-electron chi connectivity index (χ3n) is 12.2. The van der Waals surface area contributed by atoms with E-state index in [4.69, 9.17) is 11.6 Å². The van der Waals surface area contributed by atoms with Gasteiger partial charge in [-0.25, -0.2) is 0 Å². The molecule has 37 heavy (non-hydrogen) atoms. The van der Waals surface area contributed by atoms with Gasteiger partial charge in [0.2, 0.25) is 0 Å². The maximum Gasteiger partial charge on any atom is 0.126 e. The van der Waals surface area contributed by atoms with Crippen LogP contribution in [0.25, 0.3) is 0 Å². The molecule has 4 aliphatic rings. The Morgan fingerprint density at radius 1 is 0.892 bits per heavy atom. The van der Waals surface area contributed by atoms with Crippen LogP contribution in [0, 0.1) is 64.1 Å². The Labute approximate surface area is 232 Å². The molecule has 9 atom stereocenters. The molecule has 1 aromatic carbocycles. The van der Waals surface area contributed by atoms with Crippen LogP contribution in [0.1, 0.15) is 117 Å². The first kappa shape index (κ1) is 27.6. The third-order valence-corrected chi connectivity index (χ3v) is 12.5. The molecule has 0 aliphatic heterocycles. The normalized spacial score (nSPS) is 41.8. The summed E-state index contributed by atoms with van der Waals surface area (Å²) in [7, 11) is 0. The molecule has 9 unspecified atom stereocenters. The zero-order chi connectivity index (χ0) is 26.4. The number of hydrogen-bond acceptors (Lipinski definition) is 1. The second-order valence-electron chi connectivity index (χ2n) is 14.7. The number of aliphatic hydroxyl groups is 1. The van der Waals surface area contributed by atoms with Crippen LogP contribution >= 0.6 is 11.6 Å². The molecule has 0 saturated heterocycles. The number of rotatable bonds is 5. The summed E-state index contributed by atoms with van der Waals surface area (Å²) in [5, 5.41) is 12.3. The lowest BCUT2D eigenvalue weighted by molar-refractivity contribution is -0.140. The SMILES string of the molecule is CC(C)CCCC(C)C1CCC2C3CCC4CC(O)(C#Cc5ccc(Cl)cc5)CCC4(C)C3CCC12C. The summed E-state index contributed by atoms with van der Waals surface area (Å²) in [6.45, 7) is 12.6. The van der Waals surface area contributed by atoms with E-state index in [0.29, 0.717) is 16.7 Å². The Morgan fingerprint density at radius 2 is 1.62 bits per heavy atom. The smallest absolute Gasteiger partial charge is 0.126 e. The Hall–Kier alpha value is -0.970. The third kappa shape index (κ3) is 5.29. The standard InChI is InChI=1S/C35H51ClO/c1-24(2)7-6-8-25(3)30-15-16-31-29-14-11-27-23-35(37,20-17-26-9-12-28(36)13-10-26)22-21-33(27,4)32(29)18-19-34(30,31)5/h9-10,12-13,24-25,27,29-32,37H,6-8,11,14-16,18-19,21-23H2,1-5H3. The largest absolute Gasteiger partial charge is 0.378 e. The number of fused-ring (bicyclic) bond motifs is 5. The van der Waals surface area contributed by atoms with Crippen LogP contribution in [0.5, 0.6) is 0 Å². The van der Waals surface area contributed by atoms with Gasteiger partial charge in [-0.1, -0.05) is 77.3 Å². The fourth-order valence-electron chi connectivity index (χ4n) is 10.1. The maximum absolute atomic E-state index is 11.5. The fourth-order valence-corrected chi connectivity index (χ4v) is 10.2. The van der Waals surface area contributed by atoms with E-state index in [9.17, 15) is 5.11 Å². The number of hydrogen-bond donors (Lipinski definition) is 1. The highest BCUT2D eigenvalue weighted by atomic mass is 35.5. The van der Waals surface area contributed by atoms with Gasteiger partial charge in [0.1, 0.15) is 5.60 Å². The highest BCUT2D eigenvalue weighted by Gasteiger charge is 2.61. The van der Waals surface area contributed by atoms with Gasteiger partial charge in [-0.15, -0.1) is 0 Å². The van der Waals surface area contributed by atoms with Crippen molar-refractivity contribution in [2.45, 2.75) is 117 Å². The minimum absolute atomic E-state index is 0.374. The van der Waals surface area contributed by atoms with Crippen molar-refractivity contribution in [1.29, 1.82) is 0 Å². The van der Waals surface area contributed by atoms with Gasteiger partial charge in [0.25, 0.3) is 0 Å². The van der Waals surface area contributed by atoms with Gasteiger partial charge >= 0.3 is 0 Å². The summed E-state index contributed by atoms with van der Waals surface area (Å²) in [6.07, 6.45) is 15.5. The summed E-state index contributed by atoms with van der Waals surface area (Å²) >= 11 is 6.03. The monoisotopic (exact) mass is 522 g/mol. The second-order valence-corrected chi connectivity index (χ2v) is 15.1. The van der Waals surface area contributed by atoms with Gasteiger partial charge in [-0.3, -0.25) is 0 Å². The number of benzene rings is 1. The Balaban J connectivity index is 1.26. The van der Waals surface area contributed by atoms with Crippen LogP contribution in [0.4, 0.5) is 0 Å². The van der Waals surface area contributed by atoms with Crippen molar-refractivity contribution in [3.63, 3.8) is 0 Å². The van der Waals surface area contributed by atoms with Gasteiger partial charge in [-0.2, -0.15) is 0 Å². The van der Waals surface area contributed by atoms with Crippen molar-refractivity contribution in [1.82, 2.24) is 0 Å². The zero-order valence-corrected chi connectivity index (χ0v) is 24.9. The molecule has 1 nitrogen and oxygen atoms in total. The highest BCUT2D eigenvalue weighted by molar-refractivity contribution is 6.30. The molecule has 0 bridgehead atoms. The van der Waals surface area contributed by atoms with Crippen molar-refractivity contribution in [3.8, 4) is 11.8 Å². The van der Waals surface area contributed by atoms with Gasteiger partial charge in [0, 0.05) is 10.6 Å². The predicted molar refractivity (Wildman–Crippen MR) is 156 cm³/mol. The van der Waals surface area contributed by atoms with E-state index >= 15 is 0 Å². The van der Waals surface area contributed by atoms with Crippen molar-refractivity contribution in [2.75, 3.05) is 0 Å². The van der Waals surface area contributed by atoms with E-state index in [0.717, 1.165) is 65.4 Å². The first-order valence-electron chi connectivity index (χ1n) is 15.6. The molecule has 1 N–H and O–H groups in total. The lowest BCUT2D eigenvalue weighted by Gasteiger charge is -2.62. The van der Waals surface area contributed by atoms with E-state index in [1.54, 1.807) is 0 Å². The first-order chi connectivity index (χ1) is 17.5. The van der Waals surface area contributed by atoms with Crippen molar-refractivity contribution in [2.24, 2.45) is 52.3 Å². The van der Waals surface area contributed by atoms with Gasteiger partial charge < -0.3 is 5.11 Å². The van der Waals surface area contributed by atoms with Crippen LogP contribution < -0.4 is 0 Å². The molecule has 4 aliphatic carbocycles. The molecule has 0 heterocycles. The van der Waals surface area contributed by atoms with Gasteiger partial charge in [-0.05, 0) is 134 Å². The zero-order valence-electron chi connectivity index (χ0n) is 24.2. The van der Waals surface area contributed by atoms with E-state index in [-0.39, 0.29) is 0 Å². The molecule has 4 saturated carbocycles. The minimum Gasteiger partial charge on any atom is -0.378 e. The van der Waals surface area contributed by atoms with Crippen molar-refractivity contribution < 1.29 is 5.11 Å². The van der Waals surface area contributed by atoms with Crippen LogP contribution in [-0.4, -0.2) is 10.7 Å². The van der Waals surface area contributed by atoms with E-state index in [1.807, 2.05) is 24.3 Å². The Kier molecular flexibility index (Phi) is 7.86. The maximum atomic E-state index is 11.5. The predicted octanol–water partition coefficient (Wildman–Crippen LogP) is 9.54. The molecule has 5 rings (SSSR count). The van der Waals surface area contributed by atoms with Gasteiger partial charge in [0.05, 0.1) is 0 Å². The summed E-state index contributed by atoms with van der Waals surface area (Å²) in [6, 6.07) is 7.67. The van der Waals surface area contributed by atoms with Gasteiger partial charge in [0.15, 0.2) is 0 Å². The van der Waals surface area contributed by atoms with Crippen LogP contribution in [0.2, 0.25) is 5.02 Å². The molecule has 2 heteroatoms. The molecule has 1 aromatic rings. The average Bonchev–Trinajstić information content (AvgIpc) is 3.21. The average molecular weight is 523 g/mol. The minimum atomic E-state index is -0.844. The number of halogens is 1. The fraction of sp³-hybridized carbons (Fsp3) is 0.771. The van der Waals surface area contributed by atoms with E-state index < -0.39 is 5.60 Å². The lowest BCUT2D eigenvalue weighted by Crippen LogP contribution is -2.55. The van der Waals surface area contributed by atoms with E-state index in [2.05, 4.69) is 46.5 Å². The molecule has 4 fully saturated rings. The van der Waals surface area contributed by atoms with Crippen LogP contribution in [-0.2, 0) is 0 Å². The molecular formula is C35H51ClO. The highest BCUT2D eigenvalue weighted by Crippen LogP contribution is 2.68. The van der Waals surface area contributed by atoms with Crippen molar-refractivity contribution in [3.05, 3.63) is 34.9 Å². The Bertz CT molecular complexity index is 1000. The summed E-state index contributed by atoms with van der Waals surface area (Å²) in [4.78, 5) is 0. The topological polar surface area (TPSA) is 20.2 Å². The Morgan fingerprint density at radius 3 is 2.35 bits per heavy atom. The van der Waals surface area contributed by atoms with Crippen LogP contribution in [0.15, 0.2) is 24.3 Å². The lowest BCUT2D eigenvalue weighted by atomic mass is 9.43. The summed E-state index contributed by atoms with van der Waals surface area (Å²) < 4.78 is 0. The quantitative estimate of drug-likeness (QED) is 0.381. The molecule has 0 amide bonds. The second kappa shape index (κ2) is 10.5. The van der Waals surface area contributed by atoms with Crippen molar-refractivity contribution >= 4 is 11.6 Å². The molecular weight excluding hydrogens is 472 g/mol. The molecule has 0 spiro atoms. The summed E-state index contributed by atoms with van der Waals surface area (Å²) in [5.41, 5.74) is 1.03.